The predicted octanol–water partition coefficient (Wildman–Crippen LogP) is 2.57. The first-order valence-electron chi connectivity index (χ1n) is 8.51. The molecule has 1 aromatic rings. The number of likely N-dealkylation sites (tertiary alicyclic amines) is 1. The van der Waals surface area contributed by atoms with Crippen molar-refractivity contribution in [3.63, 3.8) is 0 Å². The van der Waals surface area contributed by atoms with Crippen molar-refractivity contribution < 1.29 is 14.6 Å². The number of rotatable bonds is 7. The quantitative estimate of drug-likeness (QED) is 0.759. The number of nitrogens with zero attached hydrogens (tertiary/aromatic N) is 1. The Labute approximate surface area is 138 Å². The predicted molar refractivity (Wildman–Crippen MR) is 90.2 cm³/mol. The van der Waals surface area contributed by atoms with Gasteiger partial charge in [0.15, 0.2) is 0 Å². The molecule has 128 valence electrons. The Bertz CT molecular complexity index is 459. The molecule has 1 atom stereocenters. The minimum absolute atomic E-state index is 0.00232. The van der Waals surface area contributed by atoms with Crippen LogP contribution in [0.5, 0.6) is 0 Å². The summed E-state index contributed by atoms with van der Waals surface area (Å²) in [5, 5.41) is 12.1. The SMILES string of the molecule is CC(OCCCNC(=O)N1CCC(CO)CC1)c1ccccc1. The Hall–Kier alpha value is -1.59. The molecule has 0 spiro atoms. The van der Waals surface area contributed by atoms with E-state index in [1.807, 2.05) is 30.0 Å². The van der Waals surface area contributed by atoms with Crippen molar-refractivity contribution in [2.24, 2.45) is 5.92 Å². The maximum absolute atomic E-state index is 12.0. The summed E-state index contributed by atoms with van der Waals surface area (Å²) in [6.45, 7) is 4.99. The molecule has 0 bridgehead atoms. The Morgan fingerprint density at radius 3 is 2.70 bits per heavy atom. The van der Waals surface area contributed by atoms with Gasteiger partial charge in [-0.15, -0.1) is 0 Å². The number of benzene rings is 1. The third kappa shape index (κ3) is 5.84. The molecule has 5 heteroatoms. The molecule has 5 nitrogen and oxygen atoms in total. The largest absolute Gasteiger partial charge is 0.396 e. The lowest BCUT2D eigenvalue weighted by Crippen LogP contribution is -2.45. The number of urea groups is 1. The van der Waals surface area contributed by atoms with E-state index in [4.69, 9.17) is 9.84 Å². The molecule has 1 aromatic carbocycles. The number of nitrogens with one attached hydrogen (secondary N) is 1. The maximum atomic E-state index is 12.0. The van der Waals surface area contributed by atoms with Crippen molar-refractivity contribution in [3.05, 3.63) is 35.9 Å². The molecule has 2 N–H and O–H groups in total. The van der Waals surface area contributed by atoms with Gasteiger partial charge < -0.3 is 20.1 Å². The molecule has 1 aliphatic heterocycles. The van der Waals surface area contributed by atoms with Gasteiger partial charge in [0.2, 0.25) is 0 Å². The lowest BCUT2D eigenvalue weighted by atomic mass is 9.98. The molecule has 1 unspecified atom stereocenters. The van der Waals surface area contributed by atoms with Gasteiger partial charge in [-0.1, -0.05) is 30.3 Å². The van der Waals surface area contributed by atoms with Gasteiger partial charge >= 0.3 is 6.03 Å². The molecule has 2 rings (SSSR count). The fraction of sp³-hybridized carbons (Fsp3) is 0.611. The van der Waals surface area contributed by atoms with E-state index in [1.165, 1.54) is 5.56 Å². The summed E-state index contributed by atoms with van der Waals surface area (Å²) in [6, 6.07) is 10.1. The fourth-order valence-corrected chi connectivity index (χ4v) is 2.78. The smallest absolute Gasteiger partial charge is 0.317 e. The van der Waals surface area contributed by atoms with Crippen LogP contribution in [0, 0.1) is 5.92 Å². The second-order valence-electron chi connectivity index (χ2n) is 6.12. The van der Waals surface area contributed by atoms with E-state index in [-0.39, 0.29) is 18.7 Å². The number of piperidine rings is 1. The Kier molecular flexibility index (Phi) is 7.36. The average Bonchev–Trinajstić information content (AvgIpc) is 2.62. The number of aliphatic hydroxyl groups is 1. The molecule has 1 aliphatic rings. The fourth-order valence-electron chi connectivity index (χ4n) is 2.78. The van der Waals surface area contributed by atoms with Crippen LogP contribution >= 0.6 is 0 Å². The van der Waals surface area contributed by atoms with Crippen LogP contribution in [0.2, 0.25) is 0 Å². The first kappa shape index (κ1) is 17.8. The standard InChI is InChI=1S/C18H28N2O3/c1-15(17-6-3-2-4-7-17)23-13-5-10-19-18(22)20-11-8-16(14-21)9-12-20/h2-4,6-7,15-16,21H,5,8-14H2,1H3,(H,19,22). The van der Waals surface area contributed by atoms with E-state index in [1.54, 1.807) is 0 Å². The molecule has 1 saturated heterocycles. The molecule has 23 heavy (non-hydrogen) atoms. The first-order valence-corrected chi connectivity index (χ1v) is 8.51. The van der Waals surface area contributed by atoms with Gasteiger partial charge in [-0.25, -0.2) is 4.79 Å². The van der Waals surface area contributed by atoms with E-state index in [9.17, 15) is 4.79 Å². The minimum Gasteiger partial charge on any atom is -0.396 e. The Balaban J connectivity index is 1.56. The van der Waals surface area contributed by atoms with Crippen LogP contribution in [0.4, 0.5) is 4.79 Å². The van der Waals surface area contributed by atoms with Gasteiger partial charge in [-0.2, -0.15) is 0 Å². The van der Waals surface area contributed by atoms with Crippen molar-refractivity contribution in [1.82, 2.24) is 10.2 Å². The number of ether oxygens (including phenoxy) is 1. The molecule has 2 amide bonds. The second-order valence-corrected chi connectivity index (χ2v) is 6.12. The third-order valence-corrected chi connectivity index (χ3v) is 4.39. The van der Waals surface area contributed by atoms with Crippen LogP contribution in [0.25, 0.3) is 0 Å². The van der Waals surface area contributed by atoms with Crippen LogP contribution in [-0.2, 0) is 4.74 Å². The topological polar surface area (TPSA) is 61.8 Å². The summed E-state index contributed by atoms with van der Waals surface area (Å²) in [5.41, 5.74) is 1.17. The number of carbonyl (C=O) groups excluding carboxylic acids is 1. The number of carbonyl (C=O) groups is 1. The minimum atomic E-state index is -0.00232. The maximum Gasteiger partial charge on any atom is 0.317 e. The molecule has 0 radical (unpaired) electrons. The molecular weight excluding hydrogens is 292 g/mol. The summed E-state index contributed by atoms with van der Waals surface area (Å²) in [4.78, 5) is 13.9. The highest BCUT2D eigenvalue weighted by atomic mass is 16.5. The number of hydrogen-bond donors (Lipinski definition) is 2. The number of hydrogen-bond acceptors (Lipinski definition) is 3. The summed E-state index contributed by atoms with van der Waals surface area (Å²) in [5.74, 6) is 0.354. The normalized spacial score (nSPS) is 17.0. The van der Waals surface area contributed by atoms with Crippen molar-refractivity contribution in [1.29, 1.82) is 0 Å². The third-order valence-electron chi connectivity index (χ3n) is 4.39. The van der Waals surface area contributed by atoms with Gasteiger partial charge in [0.25, 0.3) is 0 Å². The molecule has 0 aliphatic carbocycles. The van der Waals surface area contributed by atoms with Gasteiger partial charge in [-0.05, 0) is 37.7 Å². The van der Waals surface area contributed by atoms with Crippen molar-refractivity contribution >= 4 is 6.03 Å². The van der Waals surface area contributed by atoms with Crippen molar-refractivity contribution in [2.45, 2.75) is 32.3 Å². The Morgan fingerprint density at radius 2 is 2.04 bits per heavy atom. The highest BCUT2D eigenvalue weighted by Crippen LogP contribution is 2.17. The van der Waals surface area contributed by atoms with Gasteiger partial charge in [0, 0.05) is 32.8 Å². The van der Waals surface area contributed by atoms with E-state index < -0.39 is 0 Å². The summed E-state index contributed by atoms with van der Waals surface area (Å²) in [6.07, 6.45) is 2.66. The highest BCUT2D eigenvalue weighted by Gasteiger charge is 2.21. The molecular formula is C18H28N2O3. The number of amides is 2. The van der Waals surface area contributed by atoms with Crippen molar-refractivity contribution in [3.8, 4) is 0 Å². The van der Waals surface area contributed by atoms with Gasteiger partial charge in [0.05, 0.1) is 6.10 Å². The monoisotopic (exact) mass is 320 g/mol. The van der Waals surface area contributed by atoms with E-state index in [0.717, 1.165) is 32.4 Å². The van der Waals surface area contributed by atoms with Crippen LogP contribution in [0.3, 0.4) is 0 Å². The Morgan fingerprint density at radius 1 is 1.35 bits per heavy atom. The highest BCUT2D eigenvalue weighted by molar-refractivity contribution is 5.74. The molecule has 0 saturated carbocycles. The summed E-state index contributed by atoms with van der Waals surface area (Å²) in [7, 11) is 0. The van der Waals surface area contributed by atoms with E-state index in [0.29, 0.717) is 19.1 Å². The second kappa shape index (κ2) is 9.53. The lowest BCUT2D eigenvalue weighted by molar-refractivity contribution is 0.0640. The van der Waals surface area contributed by atoms with E-state index >= 15 is 0 Å². The van der Waals surface area contributed by atoms with Gasteiger partial charge in [-0.3, -0.25) is 0 Å². The van der Waals surface area contributed by atoms with E-state index in [2.05, 4.69) is 17.4 Å². The first-order chi connectivity index (χ1) is 11.2. The molecule has 1 heterocycles. The van der Waals surface area contributed by atoms with Crippen LogP contribution < -0.4 is 5.32 Å². The zero-order chi connectivity index (χ0) is 16.5. The van der Waals surface area contributed by atoms with Crippen LogP contribution in [-0.4, -0.2) is 48.9 Å². The van der Waals surface area contributed by atoms with Crippen molar-refractivity contribution in [2.75, 3.05) is 32.8 Å². The van der Waals surface area contributed by atoms with Crippen LogP contribution in [0.1, 0.15) is 37.9 Å². The summed E-state index contributed by atoms with van der Waals surface area (Å²) >= 11 is 0. The average molecular weight is 320 g/mol. The zero-order valence-electron chi connectivity index (χ0n) is 13.9. The van der Waals surface area contributed by atoms with Crippen LogP contribution in [0.15, 0.2) is 30.3 Å². The molecule has 1 fully saturated rings. The summed E-state index contributed by atoms with van der Waals surface area (Å²) < 4.78 is 5.79. The molecule has 0 aromatic heterocycles. The zero-order valence-corrected chi connectivity index (χ0v) is 13.9. The number of aliphatic hydroxyl groups excluding tert-OH is 1. The lowest BCUT2D eigenvalue weighted by Gasteiger charge is -2.31. The van der Waals surface area contributed by atoms with Gasteiger partial charge in [0.1, 0.15) is 0 Å².